The van der Waals surface area contributed by atoms with E-state index in [1.54, 1.807) is 7.11 Å². The number of ether oxygens (including phenoxy) is 1. The Morgan fingerprint density at radius 2 is 1.17 bits per heavy atom. The predicted molar refractivity (Wildman–Crippen MR) is 118 cm³/mol. The van der Waals surface area contributed by atoms with Gasteiger partial charge >= 0.3 is 0 Å². The van der Waals surface area contributed by atoms with Crippen LogP contribution >= 0.6 is 0 Å². The summed E-state index contributed by atoms with van der Waals surface area (Å²) in [6, 6.07) is 22.2. The van der Waals surface area contributed by atoms with Crippen LogP contribution in [0.25, 0.3) is 0 Å². The summed E-state index contributed by atoms with van der Waals surface area (Å²) >= 11 is 0. The zero-order chi connectivity index (χ0) is 20.8. The first-order chi connectivity index (χ1) is 14.0. The molecule has 0 saturated heterocycles. The smallest absolute Gasteiger partial charge is 0.185 e. The van der Waals surface area contributed by atoms with Gasteiger partial charge in [-0.3, -0.25) is 9.78 Å². The SMILES string of the molecule is COc1c(Cc2cccc(C(C)C)c2OOc2ccccc2)cccc1C(C)C. The molecule has 0 heterocycles. The Labute approximate surface area is 174 Å². The molecule has 0 aliphatic carbocycles. The van der Waals surface area contributed by atoms with Crippen molar-refractivity contribution in [2.75, 3.05) is 7.11 Å². The molecule has 3 rings (SSSR count). The van der Waals surface area contributed by atoms with Crippen LogP contribution in [0.5, 0.6) is 17.2 Å². The van der Waals surface area contributed by atoms with Crippen molar-refractivity contribution in [2.24, 2.45) is 0 Å². The summed E-state index contributed by atoms with van der Waals surface area (Å²) in [4.78, 5) is 11.5. The van der Waals surface area contributed by atoms with Gasteiger partial charge in [0.1, 0.15) is 5.75 Å². The fraction of sp³-hybridized carbons (Fsp3) is 0.308. The lowest BCUT2D eigenvalue weighted by atomic mass is 9.93. The maximum Gasteiger partial charge on any atom is 0.185 e. The van der Waals surface area contributed by atoms with Gasteiger partial charge in [0, 0.05) is 17.5 Å². The van der Waals surface area contributed by atoms with Gasteiger partial charge in [0.15, 0.2) is 11.5 Å². The Hall–Kier alpha value is -2.94. The van der Waals surface area contributed by atoms with E-state index in [4.69, 9.17) is 14.5 Å². The van der Waals surface area contributed by atoms with Gasteiger partial charge in [-0.05, 0) is 35.1 Å². The molecule has 3 aromatic rings. The third kappa shape index (κ3) is 4.92. The second-order valence-electron chi connectivity index (χ2n) is 7.84. The van der Waals surface area contributed by atoms with Crippen LogP contribution in [0.2, 0.25) is 0 Å². The van der Waals surface area contributed by atoms with Crippen molar-refractivity contribution in [3.05, 3.63) is 89.0 Å². The van der Waals surface area contributed by atoms with Gasteiger partial charge in [-0.2, -0.15) is 0 Å². The van der Waals surface area contributed by atoms with Crippen LogP contribution in [0.1, 0.15) is 61.8 Å². The minimum absolute atomic E-state index is 0.313. The molecule has 0 bridgehead atoms. The fourth-order valence-electron chi connectivity index (χ4n) is 3.52. The highest BCUT2D eigenvalue weighted by Gasteiger charge is 2.18. The Morgan fingerprint density at radius 1 is 0.621 bits per heavy atom. The van der Waals surface area contributed by atoms with Gasteiger partial charge in [0.05, 0.1) is 7.11 Å². The van der Waals surface area contributed by atoms with E-state index in [0.717, 1.165) is 28.2 Å². The lowest BCUT2D eigenvalue weighted by Gasteiger charge is -2.19. The molecule has 0 aliphatic heterocycles. The molecule has 29 heavy (non-hydrogen) atoms. The first kappa shape index (κ1) is 20.8. The molecule has 3 aromatic carbocycles. The first-order valence-corrected chi connectivity index (χ1v) is 10.2. The highest BCUT2D eigenvalue weighted by Crippen LogP contribution is 2.36. The average Bonchev–Trinajstić information content (AvgIpc) is 2.73. The molecule has 0 fully saturated rings. The third-order valence-electron chi connectivity index (χ3n) is 5.05. The van der Waals surface area contributed by atoms with Crippen LogP contribution in [-0.2, 0) is 6.42 Å². The van der Waals surface area contributed by atoms with Crippen molar-refractivity contribution in [3.63, 3.8) is 0 Å². The summed E-state index contributed by atoms with van der Waals surface area (Å²) < 4.78 is 5.78. The van der Waals surface area contributed by atoms with Crippen LogP contribution in [0.15, 0.2) is 66.7 Å². The Bertz CT molecular complexity index is 930. The molecule has 152 valence electrons. The van der Waals surface area contributed by atoms with Crippen molar-refractivity contribution in [1.82, 2.24) is 0 Å². The van der Waals surface area contributed by atoms with E-state index >= 15 is 0 Å². The normalized spacial score (nSPS) is 11.0. The van der Waals surface area contributed by atoms with Gasteiger partial charge in [-0.1, -0.05) is 82.3 Å². The molecule has 0 radical (unpaired) electrons. The summed E-state index contributed by atoms with van der Waals surface area (Å²) in [7, 11) is 1.74. The first-order valence-electron chi connectivity index (χ1n) is 10.2. The Morgan fingerprint density at radius 3 is 1.72 bits per heavy atom. The quantitative estimate of drug-likeness (QED) is 0.309. The monoisotopic (exact) mass is 390 g/mol. The molecule has 0 spiro atoms. The van der Waals surface area contributed by atoms with Crippen LogP contribution in [0, 0.1) is 0 Å². The lowest BCUT2D eigenvalue weighted by molar-refractivity contribution is -0.102. The number of methoxy groups -OCH3 is 1. The lowest BCUT2D eigenvalue weighted by Crippen LogP contribution is -2.08. The number of rotatable bonds is 8. The summed E-state index contributed by atoms with van der Waals surface area (Å²) in [6.45, 7) is 8.69. The second-order valence-corrected chi connectivity index (χ2v) is 7.84. The Kier molecular flexibility index (Phi) is 6.82. The summed E-state index contributed by atoms with van der Waals surface area (Å²) in [5.41, 5.74) is 4.56. The highest BCUT2D eigenvalue weighted by molar-refractivity contribution is 5.50. The maximum atomic E-state index is 5.90. The minimum atomic E-state index is 0.313. The van der Waals surface area contributed by atoms with Crippen LogP contribution < -0.4 is 14.5 Å². The van der Waals surface area contributed by atoms with Gasteiger partial charge < -0.3 is 4.74 Å². The van der Waals surface area contributed by atoms with Gasteiger partial charge in [0.2, 0.25) is 0 Å². The van der Waals surface area contributed by atoms with E-state index in [1.165, 1.54) is 5.56 Å². The number of hydrogen-bond acceptors (Lipinski definition) is 3. The van der Waals surface area contributed by atoms with Gasteiger partial charge in [0.25, 0.3) is 0 Å². The number of para-hydroxylation sites is 3. The highest BCUT2D eigenvalue weighted by atomic mass is 17.2. The van der Waals surface area contributed by atoms with Crippen molar-refractivity contribution < 1.29 is 14.5 Å². The number of benzene rings is 3. The standard InChI is InChI=1S/C26H30O3/c1-18(2)23-15-9-11-20(25(23)27-5)17-21-12-10-16-24(19(3)4)26(21)29-28-22-13-7-6-8-14-22/h6-16,18-19H,17H2,1-5H3. The molecular formula is C26H30O3. The summed E-state index contributed by atoms with van der Waals surface area (Å²) in [5, 5.41) is 0. The molecule has 3 heteroatoms. The van der Waals surface area contributed by atoms with Crippen molar-refractivity contribution in [1.29, 1.82) is 0 Å². The van der Waals surface area contributed by atoms with E-state index in [2.05, 4.69) is 64.1 Å². The van der Waals surface area contributed by atoms with Crippen LogP contribution in [0.3, 0.4) is 0 Å². The zero-order valence-electron chi connectivity index (χ0n) is 17.9. The van der Waals surface area contributed by atoms with E-state index in [0.29, 0.717) is 24.0 Å². The van der Waals surface area contributed by atoms with Crippen molar-refractivity contribution >= 4 is 0 Å². The molecule has 0 unspecified atom stereocenters. The predicted octanol–water partition coefficient (Wildman–Crippen LogP) is 6.91. The Balaban J connectivity index is 1.97. The second kappa shape index (κ2) is 9.51. The van der Waals surface area contributed by atoms with Crippen LogP contribution in [0.4, 0.5) is 0 Å². The third-order valence-corrected chi connectivity index (χ3v) is 5.05. The molecule has 0 N–H and O–H groups in total. The molecule has 0 saturated carbocycles. The topological polar surface area (TPSA) is 27.7 Å². The van der Waals surface area contributed by atoms with E-state index in [9.17, 15) is 0 Å². The van der Waals surface area contributed by atoms with Gasteiger partial charge in [-0.15, -0.1) is 0 Å². The maximum absolute atomic E-state index is 5.90. The van der Waals surface area contributed by atoms with E-state index < -0.39 is 0 Å². The molecule has 0 aromatic heterocycles. The van der Waals surface area contributed by atoms with Crippen LogP contribution in [-0.4, -0.2) is 7.11 Å². The summed E-state index contributed by atoms with van der Waals surface area (Å²) in [6.07, 6.45) is 0.706. The number of hydrogen-bond donors (Lipinski definition) is 0. The van der Waals surface area contributed by atoms with E-state index in [1.807, 2.05) is 30.3 Å². The summed E-state index contributed by atoms with van der Waals surface area (Å²) in [5.74, 6) is 3.12. The fourth-order valence-corrected chi connectivity index (χ4v) is 3.52. The molecule has 0 atom stereocenters. The van der Waals surface area contributed by atoms with E-state index in [-0.39, 0.29) is 0 Å². The molecule has 0 aliphatic rings. The van der Waals surface area contributed by atoms with Crippen molar-refractivity contribution in [3.8, 4) is 17.2 Å². The average molecular weight is 391 g/mol. The molecule has 3 nitrogen and oxygen atoms in total. The largest absolute Gasteiger partial charge is 0.496 e. The zero-order valence-corrected chi connectivity index (χ0v) is 17.9. The molecular weight excluding hydrogens is 360 g/mol. The van der Waals surface area contributed by atoms with Gasteiger partial charge in [-0.25, -0.2) is 0 Å². The van der Waals surface area contributed by atoms with Crippen molar-refractivity contribution in [2.45, 2.75) is 46.0 Å². The molecule has 0 amide bonds. The minimum Gasteiger partial charge on any atom is -0.496 e.